The van der Waals surface area contributed by atoms with Crippen LogP contribution in [0, 0.1) is 0 Å². The molecule has 2 heterocycles. The zero-order valence-corrected chi connectivity index (χ0v) is 14.4. The Balaban J connectivity index is 1.52. The summed E-state index contributed by atoms with van der Waals surface area (Å²) in [6.45, 7) is 1.16. The molecule has 0 radical (unpaired) electrons. The summed E-state index contributed by atoms with van der Waals surface area (Å²) in [5.74, 6) is -0.686. The van der Waals surface area contributed by atoms with Crippen molar-refractivity contribution in [1.82, 2.24) is 10.2 Å². The normalized spacial score (nSPS) is 14.7. The Morgan fingerprint density at radius 2 is 1.69 bits per heavy atom. The van der Waals surface area contributed by atoms with Crippen LogP contribution in [0.5, 0.6) is 0 Å². The second-order valence-corrected chi connectivity index (χ2v) is 6.12. The van der Waals surface area contributed by atoms with E-state index in [9.17, 15) is 14.4 Å². The van der Waals surface area contributed by atoms with Crippen LogP contribution in [0.3, 0.4) is 0 Å². The van der Waals surface area contributed by atoms with Crippen molar-refractivity contribution >= 4 is 17.8 Å². The fraction of sp³-hybridized carbons (Fsp3) is 0.316. The Morgan fingerprint density at radius 1 is 1.04 bits per heavy atom. The summed E-state index contributed by atoms with van der Waals surface area (Å²) >= 11 is 0. The van der Waals surface area contributed by atoms with Crippen LogP contribution in [-0.4, -0.2) is 48.9 Å². The Morgan fingerprint density at radius 3 is 2.27 bits per heavy atom. The zero-order chi connectivity index (χ0) is 18.5. The van der Waals surface area contributed by atoms with Gasteiger partial charge in [-0.25, -0.2) is 4.79 Å². The highest BCUT2D eigenvalue weighted by Crippen LogP contribution is 2.15. The number of esters is 1. The van der Waals surface area contributed by atoms with E-state index in [4.69, 9.17) is 4.42 Å². The molecule has 1 aliphatic heterocycles. The number of hydrogen-bond acceptors (Lipinski definition) is 5. The van der Waals surface area contributed by atoms with Gasteiger partial charge in [-0.2, -0.15) is 0 Å². The number of carbonyl (C=O) groups is 3. The SMILES string of the molecule is COC(=O)c1ccc(C(=O)NC2CCN(C(=O)c3ccoc3)CC2)cc1. The predicted octanol–water partition coefficient (Wildman–Crippen LogP) is 2.10. The maximum absolute atomic E-state index is 12.3. The highest BCUT2D eigenvalue weighted by molar-refractivity contribution is 5.96. The summed E-state index contributed by atoms with van der Waals surface area (Å²) < 4.78 is 9.58. The summed E-state index contributed by atoms with van der Waals surface area (Å²) in [4.78, 5) is 37.8. The van der Waals surface area contributed by atoms with E-state index in [1.807, 2.05) is 0 Å². The average Bonchev–Trinajstić information content (AvgIpc) is 3.22. The zero-order valence-electron chi connectivity index (χ0n) is 14.4. The molecule has 0 spiro atoms. The summed E-state index contributed by atoms with van der Waals surface area (Å²) in [6, 6.07) is 7.97. The lowest BCUT2D eigenvalue weighted by molar-refractivity contribution is 0.0599. The fourth-order valence-corrected chi connectivity index (χ4v) is 2.94. The van der Waals surface area contributed by atoms with Crippen LogP contribution in [0.25, 0.3) is 0 Å². The number of methoxy groups -OCH3 is 1. The topological polar surface area (TPSA) is 88.9 Å². The Kier molecular flexibility index (Phi) is 5.36. The third-order valence-corrected chi connectivity index (χ3v) is 4.45. The second-order valence-electron chi connectivity index (χ2n) is 6.12. The molecular weight excluding hydrogens is 336 g/mol. The third-order valence-electron chi connectivity index (χ3n) is 4.45. The summed E-state index contributed by atoms with van der Waals surface area (Å²) in [5, 5.41) is 2.98. The lowest BCUT2D eigenvalue weighted by Crippen LogP contribution is -2.46. The molecule has 1 fully saturated rings. The van der Waals surface area contributed by atoms with Gasteiger partial charge in [0.2, 0.25) is 0 Å². The van der Waals surface area contributed by atoms with Gasteiger partial charge < -0.3 is 19.4 Å². The minimum atomic E-state index is -0.438. The molecule has 1 aromatic heterocycles. The van der Waals surface area contributed by atoms with Gasteiger partial charge in [0, 0.05) is 24.7 Å². The summed E-state index contributed by atoms with van der Waals surface area (Å²) in [6.07, 6.45) is 4.30. The molecule has 0 saturated carbocycles. The maximum atomic E-state index is 12.3. The lowest BCUT2D eigenvalue weighted by Gasteiger charge is -2.32. The van der Waals surface area contributed by atoms with E-state index >= 15 is 0 Å². The average molecular weight is 356 g/mol. The standard InChI is InChI=1S/C19H20N2O5/c1-25-19(24)14-4-2-13(3-5-14)17(22)20-16-6-9-21(10-7-16)18(23)15-8-11-26-12-15/h2-5,8,11-12,16H,6-7,9-10H2,1H3,(H,20,22). The first-order valence-corrected chi connectivity index (χ1v) is 8.39. The first-order valence-electron chi connectivity index (χ1n) is 8.39. The molecule has 0 unspecified atom stereocenters. The van der Waals surface area contributed by atoms with Crippen LogP contribution >= 0.6 is 0 Å². The van der Waals surface area contributed by atoms with Crippen molar-refractivity contribution in [2.45, 2.75) is 18.9 Å². The van der Waals surface area contributed by atoms with Crippen molar-refractivity contribution in [2.75, 3.05) is 20.2 Å². The van der Waals surface area contributed by atoms with Gasteiger partial charge in [0.25, 0.3) is 11.8 Å². The minimum Gasteiger partial charge on any atom is -0.472 e. The number of nitrogens with one attached hydrogen (secondary N) is 1. The molecule has 7 heteroatoms. The lowest BCUT2D eigenvalue weighted by atomic mass is 10.0. The van der Waals surface area contributed by atoms with E-state index in [0.29, 0.717) is 42.6 Å². The number of benzene rings is 1. The Labute approximate surface area is 150 Å². The largest absolute Gasteiger partial charge is 0.472 e. The van der Waals surface area contributed by atoms with E-state index in [-0.39, 0.29) is 17.9 Å². The van der Waals surface area contributed by atoms with Crippen LogP contribution in [0.1, 0.15) is 43.9 Å². The number of rotatable bonds is 4. The number of piperidine rings is 1. The molecule has 3 rings (SSSR count). The van der Waals surface area contributed by atoms with Gasteiger partial charge in [0.05, 0.1) is 24.5 Å². The number of carbonyl (C=O) groups excluding carboxylic acids is 3. The molecule has 136 valence electrons. The van der Waals surface area contributed by atoms with E-state index in [2.05, 4.69) is 10.1 Å². The van der Waals surface area contributed by atoms with E-state index in [1.165, 1.54) is 19.6 Å². The fourth-order valence-electron chi connectivity index (χ4n) is 2.94. The highest BCUT2D eigenvalue weighted by atomic mass is 16.5. The predicted molar refractivity (Wildman–Crippen MR) is 92.9 cm³/mol. The van der Waals surface area contributed by atoms with Crippen molar-refractivity contribution in [3.05, 3.63) is 59.5 Å². The Bertz CT molecular complexity index is 775. The number of amides is 2. The van der Waals surface area contributed by atoms with Crippen molar-refractivity contribution < 1.29 is 23.5 Å². The van der Waals surface area contributed by atoms with Crippen LogP contribution in [0.4, 0.5) is 0 Å². The summed E-state index contributed by atoms with van der Waals surface area (Å²) in [5.41, 5.74) is 1.42. The van der Waals surface area contributed by atoms with Gasteiger partial charge in [0.1, 0.15) is 6.26 Å². The van der Waals surface area contributed by atoms with Gasteiger partial charge in [-0.05, 0) is 43.2 Å². The van der Waals surface area contributed by atoms with Crippen LogP contribution in [0.15, 0.2) is 47.3 Å². The van der Waals surface area contributed by atoms with Gasteiger partial charge in [0.15, 0.2) is 0 Å². The Hall–Kier alpha value is -3.09. The molecule has 0 atom stereocenters. The van der Waals surface area contributed by atoms with Gasteiger partial charge in [-0.1, -0.05) is 0 Å². The van der Waals surface area contributed by atoms with E-state index < -0.39 is 5.97 Å². The van der Waals surface area contributed by atoms with Crippen molar-refractivity contribution in [3.63, 3.8) is 0 Å². The minimum absolute atomic E-state index is 0.0104. The molecular formula is C19H20N2O5. The van der Waals surface area contributed by atoms with E-state index in [1.54, 1.807) is 35.2 Å². The number of likely N-dealkylation sites (tertiary alicyclic amines) is 1. The van der Waals surface area contributed by atoms with Crippen molar-refractivity contribution in [1.29, 1.82) is 0 Å². The quantitative estimate of drug-likeness (QED) is 0.848. The van der Waals surface area contributed by atoms with Gasteiger partial charge in [-0.15, -0.1) is 0 Å². The molecule has 1 saturated heterocycles. The number of furan rings is 1. The molecule has 2 aromatic rings. The smallest absolute Gasteiger partial charge is 0.337 e. The van der Waals surface area contributed by atoms with E-state index in [0.717, 1.165) is 0 Å². The van der Waals surface area contributed by atoms with Crippen LogP contribution in [0.2, 0.25) is 0 Å². The molecule has 1 N–H and O–H groups in total. The highest BCUT2D eigenvalue weighted by Gasteiger charge is 2.25. The van der Waals surface area contributed by atoms with Crippen molar-refractivity contribution in [2.24, 2.45) is 0 Å². The summed E-state index contributed by atoms with van der Waals surface area (Å²) in [7, 11) is 1.31. The maximum Gasteiger partial charge on any atom is 0.337 e. The van der Waals surface area contributed by atoms with Crippen molar-refractivity contribution in [3.8, 4) is 0 Å². The third kappa shape index (κ3) is 3.93. The first-order chi connectivity index (χ1) is 12.6. The molecule has 0 bridgehead atoms. The molecule has 2 amide bonds. The molecule has 26 heavy (non-hydrogen) atoms. The second kappa shape index (κ2) is 7.86. The number of ether oxygens (including phenoxy) is 1. The molecule has 1 aliphatic rings. The molecule has 7 nitrogen and oxygen atoms in total. The van der Waals surface area contributed by atoms with Gasteiger partial charge in [-0.3, -0.25) is 9.59 Å². The van der Waals surface area contributed by atoms with Gasteiger partial charge >= 0.3 is 5.97 Å². The molecule has 0 aliphatic carbocycles. The van der Waals surface area contributed by atoms with Crippen LogP contribution in [-0.2, 0) is 4.74 Å². The monoisotopic (exact) mass is 356 g/mol. The molecule has 1 aromatic carbocycles. The number of hydrogen-bond donors (Lipinski definition) is 1. The van der Waals surface area contributed by atoms with Crippen LogP contribution < -0.4 is 5.32 Å². The number of nitrogens with zero attached hydrogens (tertiary/aromatic N) is 1. The first kappa shape index (κ1) is 17.7.